The summed E-state index contributed by atoms with van der Waals surface area (Å²) in [5.74, 6) is 0. The fourth-order valence-corrected chi connectivity index (χ4v) is 5.45. The number of urea groups is 2. The number of para-hydroxylation sites is 3. The van der Waals surface area contributed by atoms with Crippen LogP contribution in [0.25, 0.3) is 0 Å². The van der Waals surface area contributed by atoms with Crippen molar-refractivity contribution in [2.75, 3.05) is 20.7 Å². The Kier molecular flexibility index (Phi) is 8.36. The van der Waals surface area contributed by atoms with Crippen LogP contribution >= 0.6 is 0 Å². The number of hydrogen-bond acceptors (Lipinski definition) is 6. The minimum absolute atomic E-state index is 0.0758. The van der Waals surface area contributed by atoms with E-state index in [0.29, 0.717) is 5.69 Å². The summed E-state index contributed by atoms with van der Waals surface area (Å²) in [6.07, 6.45) is 0. The number of sulfonamides is 2. The van der Waals surface area contributed by atoms with Gasteiger partial charge < -0.3 is 16.0 Å². The Morgan fingerprint density at radius 1 is 0.525 bits per heavy atom. The summed E-state index contributed by atoms with van der Waals surface area (Å²) in [5, 5.41) is 7.63. The second-order valence-corrected chi connectivity index (χ2v) is 11.9. The Labute approximate surface area is 231 Å². The highest BCUT2D eigenvalue weighted by Crippen LogP contribution is 2.25. The lowest BCUT2D eigenvalue weighted by Crippen LogP contribution is -2.34. The van der Waals surface area contributed by atoms with Gasteiger partial charge in [0.2, 0.25) is 0 Å². The van der Waals surface area contributed by atoms with E-state index in [1.165, 1.54) is 42.5 Å². The van der Waals surface area contributed by atoms with Crippen LogP contribution in [0, 0.1) is 6.92 Å². The first kappa shape index (κ1) is 28.1. The number of nitrogens with one attached hydrogen (secondary N) is 5. The van der Waals surface area contributed by atoms with Crippen molar-refractivity contribution in [2.24, 2.45) is 0 Å². The second kappa shape index (κ2) is 11.9. The number of anilines is 4. The zero-order valence-corrected chi connectivity index (χ0v) is 22.7. The zero-order chi connectivity index (χ0) is 28.8. The van der Waals surface area contributed by atoms with Gasteiger partial charge in [-0.05, 0) is 67.6 Å². The van der Waals surface area contributed by atoms with E-state index in [4.69, 9.17) is 0 Å². The summed E-state index contributed by atoms with van der Waals surface area (Å²) in [5.41, 5.74) is 1.95. The molecule has 4 rings (SSSR count). The molecule has 0 saturated carbocycles. The van der Waals surface area contributed by atoms with Gasteiger partial charge in [0.25, 0.3) is 20.0 Å². The van der Waals surface area contributed by atoms with Crippen LogP contribution in [0.2, 0.25) is 0 Å². The van der Waals surface area contributed by atoms with Gasteiger partial charge in [-0.3, -0.25) is 4.72 Å². The van der Waals surface area contributed by atoms with Crippen molar-refractivity contribution in [1.29, 1.82) is 0 Å². The average Bonchev–Trinajstić information content (AvgIpc) is 2.90. The standard InChI is InChI=1S/C27H25N5O6S2/c1-19-11-15-22(16-12-19)40(37,38)32-27(34)29-21-13-17-23(18-14-21)39(35,36)31-25-10-6-5-9-24(25)30-26(33)28-20-7-3-2-4-8-20/h2-18,31H,1H3,(H2,28,30,33)(H2,29,32,34). The van der Waals surface area contributed by atoms with Gasteiger partial charge in [0.05, 0.1) is 21.2 Å². The van der Waals surface area contributed by atoms with E-state index in [1.807, 2.05) is 10.8 Å². The topological polar surface area (TPSA) is 163 Å². The highest BCUT2D eigenvalue weighted by atomic mass is 32.2. The number of carbonyl (C=O) groups excluding carboxylic acids is 2. The van der Waals surface area contributed by atoms with Gasteiger partial charge in [-0.25, -0.2) is 31.1 Å². The third kappa shape index (κ3) is 7.36. The van der Waals surface area contributed by atoms with Gasteiger partial charge in [-0.2, -0.15) is 0 Å². The molecule has 4 aromatic rings. The predicted molar refractivity (Wildman–Crippen MR) is 153 cm³/mol. The molecule has 0 spiro atoms. The first-order valence-electron chi connectivity index (χ1n) is 11.8. The predicted octanol–water partition coefficient (Wildman–Crippen LogP) is 4.95. The van der Waals surface area contributed by atoms with Crippen LogP contribution in [0.15, 0.2) is 113 Å². The van der Waals surface area contributed by atoms with Crippen molar-refractivity contribution in [3.63, 3.8) is 0 Å². The highest BCUT2D eigenvalue weighted by molar-refractivity contribution is 7.92. The molecule has 0 fully saturated rings. The fourth-order valence-electron chi connectivity index (χ4n) is 3.46. The number of benzene rings is 4. The summed E-state index contributed by atoms with van der Waals surface area (Å²) >= 11 is 0. The van der Waals surface area contributed by atoms with E-state index in [-0.39, 0.29) is 26.9 Å². The molecule has 4 aromatic carbocycles. The van der Waals surface area contributed by atoms with Gasteiger partial charge in [-0.1, -0.05) is 48.0 Å². The normalized spacial score (nSPS) is 11.2. The number of carbonyl (C=O) groups is 2. The zero-order valence-electron chi connectivity index (χ0n) is 21.1. The molecule has 11 nitrogen and oxygen atoms in total. The minimum atomic E-state index is -4.10. The van der Waals surface area contributed by atoms with Gasteiger partial charge in [0, 0.05) is 11.4 Å². The summed E-state index contributed by atoms with van der Waals surface area (Å²) in [7, 11) is -8.19. The summed E-state index contributed by atoms with van der Waals surface area (Å²) in [6.45, 7) is 1.80. The SMILES string of the molecule is Cc1ccc(S(=O)(=O)NC(=O)Nc2ccc(S(=O)(=O)Nc3ccccc3NC(=O)Nc3ccccc3)cc2)cc1. The summed E-state index contributed by atoms with van der Waals surface area (Å²) in [6, 6.07) is 24.5. The van der Waals surface area contributed by atoms with Gasteiger partial charge >= 0.3 is 12.1 Å². The Balaban J connectivity index is 1.40. The molecule has 13 heteroatoms. The van der Waals surface area contributed by atoms with E-state index in [0.717, 1.165) is 5.56 Å². The van der Waals surface area contributed by atoms with Crippen molar-refractivity contribution >= 4 is 54.9 Å². The molecular formula is C27H25N5O6S2. The lowest BCUT2D eigenvalue weighted by atomic mass is 10.2. The van der Waals surface area contributed by atoms with E-state index in [9.17, 15) is 26.4 Å². The first-order valence-corrected chi connectivity index (χ1v) is 14.7. The van der Waals surface area contributed by atoms with Crippen LogP contribution in [0.3, 0.4) is 0 Å². The van der Waals surface area contributed by atoms with E-state index in [1.54, 1.807) is 61.5 Å². The van der Waals surface area contributed by atoms with E-state index in [2.05, 4.69) is 20.7 Å². The molecule has 4 amide bonds. The van der Waals surface area contributed by atoms with Crippen LogP contribution in [0.4, 0.5) is 32.3 Å². The van der Waals surface area contributed by atoms with E-state index >= 15 is 0 Å². The second-order valence-electron chi connectivity index (χ2n) is 8.49. The molecule has 0 unspecified atom stereocenters. The van der Waals surface area contributed by atoms with Crippen LogP contribution in [0.5, 0.6) is 0 Å². The molecule has 0 aliphatic heterocycles. The fraction of sp³-hybridized carbons (Fsp3) is 0.0370. The Hall–Kier alpha value is -4.88. The maximum Gasteiger partial charge on any atom is 0.333 e. The largest absolute Gasteiger partial charge is 0.333 e. The third-order valence-electron chi connectivity index (χ3n) is 5.43. The molecule has 0 bridgehead atoms. The van der Waals surface area contributed by atoms with Gasteiger partial charge in [-0.15, -0.1) is 0 Å². The van der Waals surface area contributed by atoms with Crippen LogP contribution in [-0.4, -0.2) is 28.9 Å². The molecule has 206 valence electrons. The van der Waals surface area contributed by atoms with Gasteiger partial charge in [0.15, 0.2) is 0 Å². The maximum absolute atomic E-state index is 13.0. The monoisotopic (exact) mass is 579 g/mol. The Bertz CT molecular complexity index is 1730. The molecule has 5 N–H and O–H groups in total. The van der Waals surface area contributed by atoms with Crippen LogP contribution in [-0.2, 0) is 20.0 Å². The van der Waals surface area contributed by atoms with Crippen molar-refractivity contribution in [1.82, 2.24) is 4.72 Å². The Morgan fingerprint density at radius 2 is 1.02 bits per heavy atom. The lowest BCUT2D eigenvalue weighted by molar-refractivity contribution is 0.256. The molecule has 0 aliphatic carbocycles. The number of amides is 4. The van der Waals surface area contributed by atoms with E-state index < -0.39 is 32.1 Å². The molecule has 0 heterocycles. The quantitative estimate of drug-likeness (QED) is 0.198. The smallest absolute Gasteiger partial charge is 0.308 e. The van der Waals surface area contributed by atoms with Crippen molar-refractivity contribution in [2.45, 2.75) is 16.7 Å². The molecule has 0 radical (unpaired) electrons. The summed E-state index contributed by atoms with van der Waals surface area (Å²) in [4.78, 5) is 24.5. The molecule has 0 saturated heterocycles. The minimum Gasteiger partial charge on any atom is -0.308 e. The first-order chi connectivity index (χ1) is 19.0. The van der Waals surface area contributed by atoms with Crippen molar-refractivity contribution in [3.8, 4) is 0 Å². The molecule has 0 aromatic heterocycles. The number of aryl methyl sites for hydroxylation is 1. The van der Waals surface area contributed by atoms with Crippen molar-refractivity contribution < 1.29 is 26.4 Å². The molecular weight excluding hydrogens is 554 g/mol. The number of hydrogen-bond donors (Lipinski definition) is 5. The Morgan fingerprint density at radius 3 is 1.68 bits per heavy atom. The molecule has 0 atom stereocenters. The van der Waals surface area contributed by atoms with Gasteiger partial charge in [0.1, 0.15) is 0 Å². The lowest BCUT2D eigenvalue weighted by Gasteiger charge is -2.14. The highest BCUT2D eigenvalue weighted by Gasteiger charge is 2.19. The molecule has 40 heavy (non-hydrogen) atoms. The van der Waals surface area contributed by atoms with Crippen LogP contribution in [0.1, 0.15) is 5.56 Å². The summed E-state index contributed by atoms with van der Waals surface area (Å²) < 4.78 is 55.2. The maximum atomic E-state index is 13.0. The van der Waals surface area contributed by atoms with Crippen molar-refractivity contribution in [3.05, 3.63) is 109 Å². The molecule has 0 aliphatic rings. The number of rotatable bonds is 8. The van der Waals surface area contributed by atoms with Crippen LogP contribution < -0.4 is 25.4 Å². The third-order valence-corrected chi connectivity index (χ3v) is 8.16. The average molecular weight is 580 g/mol.